The fourth-order valence-corrected chi connectivity index (χ4v) is 6.88. The Bertz CT molecular complexity index is 1070. The average Bonchev–Trinajstić information content (AvgIpc) is 3.18. The maximum Gasteiger partial charge on any atom is 0.221 e. The molecule has 2 rings (SSSR count). The predicted molar refractivity (Wildman–Crippen MR) is 227 cm³/mol. The SMILES string of the molecule is CCCCCCCCCCCCCCON(CC(CNC(=O)CCN)N(OCCCCCCCCCCCCCC)c1ccccc1)c1ccccc1. The van der Waals surface area contributed by atoms with Crippen molar-refractivity contribution in [2.24, 2.45) is 5.73 Å². The van der Waals surface area contributed by atoms with Gasteiger partial charge in [0.25, 0.3) is 0 Å². The third-order valence-corrected chi connectivity index (χ3v) is 10.1. The first-order valence-electron chi connectivity index (χ1n) is 22.1. The number of nitrogens with two attached hydrogens (primary N) is 1. The molecule has 0 fully saturated rings. The van der Waals surface area contributed by atoms with E-state index in [2.05, 4.69) is 43.4 Å². The number of unbranched alkanes of at least 4 members (excludes halogenated alkanes) is 22. The Labute approximate surface area is 326 Å². The molecule has 0 bridgehead atoms. The molecule has 0 heterocycles. The van der Waals surface area contributed by atoms with Crippen molar-refractivity contribution in [3.05, 3.63) is 60.7 Å². The second-order valence-electron chi connectivity index (χ2n) is 15.0. The fraction of sp³-hybridized carbons (Fsp3) is 0.717. The van der Waals surface area contributed by atoms with Gasteiger partial charge in [0.05, 0.1) is 37.2 Å². The molecule has 3 N–H and O–H groups in total. The molecular weight excluding hydrogens is 657 g/mol. The number of rotatable bonds is 37. The van der Waals surface area contributed by atoms with Gasteiger partial charge in [-0.1, -0.05) is 192 Å². The van der Waals surface area contributed by atoms with Crippen LogP contribution in [0, 0.1) is 0 Å². The maximum atomic E-state index is 12.7. The summed E-state index contributed by atoms with van der Waals surface area (Å²) in [4.78, 5) is 25.8. The highest BCUT2D eigenvalue weighted by molar-refractivity contribution is 5.76. The molecule has 0 aliphatic heterocycles. The van der Waals surface area contributed by atoms with E-state index in [1.54, 1.807) is 0 Å². The van der Waals surface area contributed by atoms with Crippen LogP contribution in [0.1, 0.15) is 174 Å². The van der Waals surface area contributed by atoms with Gasteiger partial charge in [-0.2, -0.15) is 0 Å². The van der Waals surface area contributed by atoms with Crippen LogP contribution in [0.3, 0.4) is 0 Å². The van der Waals surface area contributed by atoms with Gasteiger partial charge in [0.2, 0.25) is 5.91 Å². The van der Waals surface area contributed by atoms with Crippen LogP contribution in [0.15, 0.2) is 60.7 Å². The van der Waals surface area contributed by atoms with Crippen molar-refractivity contribution >= 4 is 17.3 Å². The molecule has 0 saturated carbocycles. The number of nitrogens with one attached hydrogen (secondary N) is 1. The van der Waals surface area contributed by atoms with Crippen molar-refractivity contribution in [2.45, 2.75) is 180 Å². The van der Waals surface area contributed by atoms with Crippen molar-refractivity contribution in [1.82, 2.24) is 5.32 Å². The third-order valence-electron chi connectivity index (χ3n) is 10.1. The van der Waals surface area contributed by atoms with Crippen LogP contribution >= 0.6 is 0 Å². The molecule has 1 amide bonds. The minimum Gasteiger partial charge on any atom is -0.354 e. The minimum atomic E-state index is -0.196. The normalized spacial score (nSPS) is 11.8. The van der Waals surface area contributed by atoms with Gasteiger partial charge < -0.3 is 11.1 Å². The Kier molecular flexibility index (Phi) is 29.8. The summed E-state index contributed by atoms with van der Waals surface area (Å²) < 4.78 is 0. The van der Waals surface area contributed by atoms with Crippen molar-refractivity contribution in [3.8, 4) is 0 Å². The van der Waals surface area contributed by atoms with E-state index in [1.807, 2.05) is 46.5 Å². The van der Waals surface area contributed by atoms with Gasteiger partial charge in [-0.3, -0.25) is 19.5 Å². The summed E-state index contributed by atoms with van der Waals surface area (Å²) in [6, 6.07) is 20.4. The van der Waals surface area contributed by atoms with Gasteiger partial charge in [-0.15, -0.1) is 0 Å². The second kappa shape index (κ2) is 33.9. The Morgan fingerprint density at radius 1 is 0.566 bits per heavy atom. The fourth-order valence-electron chi connectivity index (χ4n) is 6.88. The Balaban J connectivity index is 1.94. The van der Waals surface area contributed by atoms with E-state index in [0.717, 1.165) is 30.6 Å². The van der Waals surface area contributed by atoms with E-state index < -0.39 is 0 Å². The number of para-hydroxylation sites is 2. The molecule has 53 heavy (non-hydrogen) atoms. The number of anilines is 2. The lowest BCUT2D eigenvalue weighted by atomic mass is 10.1. The molecule has 0 spiro atoms. The third kappa shape index (κ3) is 24.4. The molecule has 2 aromatic rings. The number of hydroxylamine groups is 2. The highest BCUT2D eigenvalue weighted by Gasteiger charge is 2.25. The monoisotopic (exact) mass is 737 g/mol. The predicted octanol–water partition coefficient (Wildman–Crippen LogP) is 12.1. The van der Waals surface area contributed by atoms with Crippen LogP contribution in [0.5, 0.6) is 0 Å². The van der Waals surface area contributed by atoms with Gasteiger partial charge in [0.15, 0.2) is 0 Å². The molecule has 2 aromatic carbocycles. The Hall–Kier alpha value is -2.61. The first-order valence-corrected chi connectivity index (χ1v) is 22.1. The molecule has 0 aromatic heterocycles. The number of amides is 1. The number of benzene rings is 2. The van der Waals surface area contributed by atoms with E-state index in [4.69, 9.17) is 15.4 Å². The lowest BCUT2D eigenvalue weighted by Gasteiger charge is -2.36. The van der Waals surface area contributed by atoms with Crippen molar-refractivity contribution in [3.63, 3.8) is 0 Å². The first-order chi connectivity index (χ1) is 26.2. The molecule has 0 aliphatic rings. The van der Waals surface area contributed by atoms with E-state index in [1.165, 1.54) is 135 Å². The second-order valence-corrected chi connectivity index (χ2v) is 15.0. The van der Waals surface area contributed by atoms with E-state index >= 15 is 0 Å². The van der Waals surface area contributed by atoms with Gasteiger partial charge in [0, 0.05) is 19.5 Å². The van der Waals surface area contributed by atoms with Crippen molar-refractivity contribution < 1.29 is 14.5 Å². The number of nitrogens with zero attached hydrogens (tertiary/aromatic N) is 2. The van der Waals surface area contributed by atoms with Crippen LogP contribution in [0.2, 0.25) is 0 Å². The lowest BCUT2D eigenvalue weighted by molar-refractivity contribution is -0.121. The quantitative estimate of drug-likeness (QED) is 0.0531. The number of hydrogen-bond acceptors (Lipinski definition) is 6. The van der Waals surface area contributed by atoms with Crippen molar-refractivity contribution in [1.29, 1.82) is 0 Å². The molecule has 1 unspecified atom stereocenters. The summed E-state index contributed by atoms with van der Waals surface area (Å²) in [7, 11) is 0. The molecule has 0 aliphatic carbocycles. The van der Waals surface area contributed by atoms with Crippen LogP contribution in [0.4, 0.5) is 11.4 Å². The zero-order chi connectivity index (χ0) is 37.9. The summed E-state index contributed by atoms with van der Waals surface area (Å²) in [5.41, 5.74) is 7.69. The standard InChI is InChI=1S/C46H80N4O3/c1-3-5-7-9-11-13-15-17-19-21-23-31-39-52-49(43-33-27-25-28-34-43)42-45(41-48-46(51)37-38-47)50(44-35-29-26-30-36-44)53-40-32-24-22-20-18-16-14-12-10-8-6-4-2/h25-30,33-36,45H,3-24,31-32,37-42,47H2,1-2H3,(H,48,51). The summed E-state index contributed by atoms with van der Waals surface area (Å²) in [5, 5.41) is 7.14. The van der Waals surface area contributed by atoms with Gasteiger partial charge in [-0.25, -0.2) is 5.06 Å². The van der Waals surface area contributed by atoms with Crippen LogP contribution in [0.25, 0.3) is 0 Å². The number of carbonyl (C=O) groups excluding carboxylic acids is 1. The summed E-state index contributed by atoms with van der Waals surface area (Å²) in [5.74, 6) is -0.0462. The number of carbonyl (C=O) groups is 1. The molecular formula is C46H80N4O3. The molecule has 0 radical (unpaired) electrons. The molecule has 7 heteroatoms. The van der Waals surface area contributed by atoms with Gasteiger partial charge in [-0.05, 0) is 37.1 Å². The molecule has 7 nitrogen and oxygen atoms in total. The minimum absolute atomic E-state index is 0.0462. The van der Waals surface area contributed by atoms with Crippen LogP contribution in [-0.4, -0.2) is 44.8 Å². The Morgan fingerprint density at radius 3 is 1.40 bits per heavy atom. The highest BCUT2D eigenvalue weighted by Crippen LogP contribution is 2.22. The van der Waals surface area contributed by atoms with E-state index in [-0.39, 0.29) is 11.9 Å². The molecule has 1 atom stereocenters. The molecule has 0 saturated heterocycles. The van der Waals surface area contributed by atoms with Crippen LogP contribution < -0.4 is 21.2 Å². The average molecular weight is 737 g/mol. The van der Waals surface area contributed by atoms with Gasteiger partial charge >= 0.3 is 0 Å². The summed E-state index contributed by atoms with van der Waals surface area (Å²) in [6.07, 6.45) is 31.8. The largest absolute Gasteiger partial charge is 0.354 e. The lowest BCUT2D eigenvalue weighted by Crippen LogP contribution is -2.51. The first kappa shape index (κ1) is 46.5. The van der Waals surface area contributed by atoms with E-state index in [9.17, 15) is 4.79 Å². The summed E-state index contributed by atoms with van der Waals surface area (Å²) >= 11 is 0. The topological polar surface area (TPSA) is 80.1 Å². The summed E-state index contributed by atoms with van der Waals surface area (Å²) in [6.45, 7) is 7.12. The smallest absolute Gasteiger partial charge is 0.221 e. The van der Waals surface area contributed by atoms with Crippen molar-refractivity contribution in [2.75, 3.05) is 43.0 Å². The zero-order valence-corrected chi connectivity index (χ0v) is 34.3. The van der Waals surface area contributed by atoms with Crippen LogP contribution in [-0.2, 0) is 14.5 Å². The Morgan fingerprint density at radius 2 is 0.962 bits per heavy atom. The van der Waals surface area contributed by atoms with E-state index in [0.29, 0.717) is 39.3 Å². The highest BCUT2D eigenvalue weighted by atomic mass is 16.7. The zero-order valence-electron chi connectivity index (χ0n) is 34.3. The maximum absolute atomic E-state index is 12.7. The van der Waals surface area contributed by atoms with Gasteiger partial charge in [0.1, 0.15) is 0 Å². The number of hydrogen-bond donors (Lipinski definition) is 2. The molecule has 302 valence electrons.